The van der Waals surface area contributed by atoms with Crippen LogP contribution >= 0.6 is 0 Å². The fourth-order valence-electron chi connectivity index (χ4n) is 6.24. The first kappa shape index (κ1) is 29.8. The highest BCUT2D eigenvalue weighted by molar-refractivity contribution is 5.60. The van der Waals surface area contributed by atoms with Crippen LogP contribution in [-0.4, -0.2) is 58.0 Å². The van der Waals surface area contributed by atoms with Gasteiger partial charge >= 0.3 is 0 Å². The van der Waals surface area contributed by atoms with Gasteiger partial charge in [-0.1, -0.05) is 80.6 Å². The summed E-state index contributed by atoms with van der Waals surface area (Å²) in [5.74, 6) is 2.57. The van der Waals surface area contributed by atoms with Crippen LogP contribution in [0.2, 0.25) is 0 Å². The standard InChI is InChI=1S/C39H42O6/c1-26-13-14-28(19-35(26)38(2,3)27-15-17-29(18-16-27)40-20-30-21-41-30)39(4,33-9-5-7-11-36(33)44-24-31-22-42-31)34-10-6-8-12-37(34)45-25-32-23-43-32/h5-19,30-32H,20-25H2,1-4H3. The minimum atomic E-state index is -0.594. The summed E-state index contributed by atoms with van der Waals surface area (Å²) >= 11 is 0. The van der Waals surface area contributed by atoms with Crippen LogP contribution in [0.15, 0.2) is 91.0 Å². The fourth-order valence-corrected chi connectivity index (χ4v) is 6.24. The van der Waals surface area contributed by atoms with Crippen molar-refractivity contribution < 1.29 is 28.4 Å². The molecule has 6 nitrogen and oxygen atoms in total. The molecule has 3 aliphatic heterocycles. The van der Waals surface area contributed by atoms with Gasteiger partial charge in [-0.15, -0.1) is 0 Å². The second kappa shape index (κ2) is 12.2. The lowest BCUT2D eigenvalue weighted by Gasteiger charge is -2.36. The third-order valence-corrected chi connectivity index (χ3v) is 9.41. The summed E-state index contributed by atoms with van der Waals surface area (Å²) < 4.78 is 35.0. The van der Waals surface area contributed by atoms with Gasteiger partial charge < -0.3 is 28.4 Å². The van der Waals surface area contributed by atoms with Gasteiger partial charge in [0.15, 0.2) is 0 Å². The Morgan fingerprint density at radius 3 is 1.56 bits per heavy atom. The third kappa shape index (κ3) is 6.46. The van der Waals surface area contributed by atoms with E-state index in [0.717, 1.165) is 53.8 Å². The molecule has 0 radical (unpaired) electrons. The summed E-state index contributed by atoms with van der Waals surface area (Å²) in [6.45, 7) is 13.0. The summed E-state index contributed by atoms with van der Waals surface area (Å²) in [6, 6.07) is 32.1. The van der Waals surface area contributed by atoms with E-state index in [4.69, 9.17) is 28.4 Å². The van der Waals surface area contributed by atoms with Crippen LogP contribution in [0.1, 0.15) is 54.2 Å². The number of aryl methyl sites for hydroxylation is 1. The third-order valence-electron chi connectivity index (χ3n) is 9.41. The molecule has 7 rings (SSSR count). The van der Waals surface area contributed by atoms with E-state index < -0.39 is 5.41 Å². The highest BCUT2D eigenvalue weighted by Gasteiger charge is 2.39. The fraction of sp³-hybridized carbons (Fsp3) is 0.385. The van der Waals surface area contributed by atoms with Crippen LogP contribution in [-0.2, 0) is 25.0 Å². The van der Waals surface area contributed by atoms with Crippen molar-refractivity contribution in [3.63, 3.8) is 0 Å². The molecule has 234 valence electrons. The lowest BCUT2D eigenvalue weighted by Crippen LogP contribution is -2.29. The van der Waals surface area contributed by atoms with Gasteiger partial charge in [0, 0.05) is 22.0 Å². The minimum Gasteiger partial charge on any atom is -0.491 e. The highest BCUT2D eigenvalue weighted by Crippen LogP contribution is 2.48. The molecule has 4 aromatic carbocycles. The van der Waals surface area contributed by atoms with Crippen LogP contribution < -0.4 is 14.2 Å². The van der Waals surface area contributed by atoms with E-state index >= 15 is 0 Å². The summed E-state index contributed by atoms with van der Waals surface area (Å²) in [4.78, 5) is 0. The van der Waals surface area contributed by atoms with E-state index in [1.54, 1.807) is 0 Å². The Morgan fingerprint density at radius 2 is 1.04 bits per heavy atom. The molecular formula is C39H42O6. The molecule has 3 atom stereocenters. The minimum absolute atomic E-state index is 0.157. The summed E-state index contributed by atoms with van der Waals surface area (Å²) in [5, 5.41) is 0. The van der Waals surface area contributed by atoms with Gasteiger partial charge in [-0.05, 0) is 60.4 Å². The molecule has 3 unspecified atom stereocenters. The number of rotatable bonds is 14. The van der Waals surface area contributed by atoms with Crippen molar-refractivity contribution in [2.75, 3.05) is 39.6 Å². The van der Waals surface area contributed by atoms with Crippen molar-refractivity contribution >= 4 is 0 Å². The molecule has 6 heteroatoms. The monoisotopic (exact) mass is 606 g/mol. The quantitative estimate of drug-likeness (QED) is 0.114. The van der Waals surface area contributed by atoms with Gasteiger partial charge in [0.2, 0.25) is 0 Å². The zero-order valence-corrected chi connectivity index (χ0v) is 26.6. The van der Waals surface area contributed by atoms with Crippen LogP contribution in [0.25, 0.3) is 0 Å². The van der Waals surface area contributed by atoms with Crippen molar-refractivity contribution in [3.8, 4) is 17.2 Å². The summed E-state index contributed by atoms with van der Waals surface area (Å²) in [5.41, 5.74) is 6.19. The first-order valence-electron chi connectivity index (χ1n) is 16.0. The SMILES string of the molecule is Cc1ccc(C(C)(c2ccccc2OCC2CO2)c2ccccc2OCC2CO2)cc1C(C)(C)c1ccc(OCC2CO2)cc1. The van der Waals surface area contributed by atoms with Gasteiger partial charge in [0.1, 0.15) is 55.4 Å². The maximum atomic E-state index is 6.43. The Kier molecular flexibility index (Phi) is 8.07. The first-order chi connectivity index (χ1) is 21.8. The van der Waals surface area contributed by atoms with Crippen molar-refractivity contribution in [3.05, 3.63) is 124 Å². The van der Waals surface area contributed by atoms with Crippen LogP contribution in [0.5, 0.6) is 17.2 Å². The Hall–Kier alpha value is -3.84. The van der Waals surface area contributed by atoms with Crippen LogP contribution in [0.4, 0.5) is 0 Å². The zero-order valence-electron chi connectivity index (χ0n) is 26.6. The first-order valence-corrected chi connectivity index (χ1v) is 16.0. The number of hydrogen-bond donors (Lipinski definition) is 0. The van der Waals surface area contributed by atoms with E-state index in [2.05, 4.69) is 107 Å². The van der Waals surface area contributed by atoms with Gasteiger partial charge in [-0.3, -0.25) is 0 Å². The normalized spacial score (nSPS) is 21.5. The molecule has 0 aromatic heterocycles. The van der Waals surface area contributed by atoms with Gasteiger partial charge in [0.25, 0.3) is 0 Å². The van der Waals surface area contributed by atoms with Crippen molar-refractivity contribution in [2.45, 2.75) is 56.8 Å². The number of benzene rings is 4. The number of hydrogen-bond acceptors (Lipinski definition) is 6. The van der Waals surface area contributed by atoms with Crippen LogP contribution in [0, 0.1) is 6.92 Å². The molecule has 0 saturated carbocycles. The summed E-state index contributed by atoms with van der Waals surface area (Å²) in [6.07, 6.45) is 0.545. The molecule has 0 N–H and O–H groups in total. The predicted molar refractivity (Wildman–Crippen MR) is 174 cm³/mol. The lowest BCUT2D eigenvalue weighted by atomic mass is 9.68. The highest BCUT2D eigenvalue weighted by atomic mass is 16.6. The Bertz CT molecular complexity index is 1570. The molecule has 0 bridgehead atoms. The van der Waals surface area contributed by atoms with Crippen molar-refractivity contribution in [2.24, 2.45) is 0 Å². The average Bonchev–Trinajstić information content (AvgIpc) is 3.91. The smallest absolute Gasteiger partial charge is 0.123 e. The maximum absolute atomic E-state index is 6.43. The Morgan fingerprint density at radius 1 is 0.578 bits per heavy atom. The Balaban J connectivity index is 1.31. The van der Waals surface area contributed by atoms with E-state index in [9.17, 15) is 0 Å². The molecule has 0 amide bonds. The molecule has 3 aliphatic rings. The molecular weight excluding hydrogens is 564 g/mol. The second-order valence-electron chi connectivity index (χ2n) is 13.1. The zero-order chi connectivity index (χ0) is 31.0. The largest absolute Gasteiger partial charge is 0.491 e. The molecule has 3 saturated heterocycles. The maximum Gasteiger partial charge on any atom is 0.123 e. The Labute approximate surface area is 266 Å². The lowest BCUT2D eigenvalue weighted by molar-refractivity contribution is 0.255. The molecule has 45 heavy (non-hydrogen) atoms. The van der Waals surface area contributed by atoms with E-state index in [-0.39, 0.29) is 23.7 Å². The molecule has 4 aromatic rings. The van der Waals surface area contributed by atoms with E-state index in [0.29, 0.717) is 19.8 Å². The van der Waals surface area contributed by atoms with Gasteiger partial charge in [-0.25, -0.2) is 0 Å². The topological polar surface area (TPSA) is 65.3 Å². The van der Waals surface area contributed by atoms with E-state index in [1.807, 2.05) is 12.1 Å². The molecule has 3 fully saturated rings. The average molecular weight is 607 g/mol. The van der Waals surface area contributed by atoms with Crippen LogP contribution in [0.3, 0.4) is 0 Å². The predicted octanol–water partition coefficient (Wildman–Crippen LogP) is 7.01. The number of epoxide rings is 3. The van der Waals surface area contributed by atoms with Crippen molar-refractivity contribution in [1.82, 2.24) is 0 Å². The molecule has 3 heterocycles. The molecule has 0 spiro atoms. The van der Waals surface area contributed by atoms with Gasteiger partial charge in [0.05, 0.1) is 19.8 Å². The van der Waals surface area contributed by atoms with Gasteiger partial charge in [-0.2, -0.15) is 0 Å². The van der Waals surface area contributed by atoms with E-state index in [1.165, 1.54) is 16.7 Å². The number of ether oxygens (including phenoxy) is 6. The number of para-hydroxylation sites is 2. The molecule has 0 aliphatic carbocycles. The second-order valence-corrected chi connectivity index (χ2v) is 13.1. The summed E-state index contributed by atoms with van der Waals surface area (Å²) in [7, 11) is 0. The van der Waals surface area contributed by atoms with Crippen molar-refractivity contribution in [1.29, 1.82) is 0 Å².